The van der Waals surface area contributed by atoms with E-state index in [1.807, 2.05) is 24.3 Å². The molecule has 13 heavy (non-hydrogen) atoms. The van der Waals surface area contributed by atoms with Gasteiger partial charge >= 0.3 is 6.09 Å². The third-order valence-electron chi connectivity index (χ3n) is 1.91. The molecule has 1 amide bonds. The van der Waals surface area contributed by atoms with E-state index in [0.29, 0.717) is 6.54 Å². The lowest BCUT2D eigenvalue weighted by molar-refractivity contribution is 0.168. The third kappa shape index (κ3) is 1.38. The SMILES string of the molecule is O=C(O)N1C=Nc2ccccc2C1. The quantitative estimate of drug-likeness (QED) is 0.655. The Bertz CT molecular complexity index is 374. The van der Waals surface area contributed by atoms with Crippen LogP contribution in [0.15, 0.2) is 29.3 Å². The van der Waals surface area contributed by atoms with Gasteiger partial charge in [0.15, 0.2) is 0 Å². The third-order valence-corrected chi connectivity index (χ3v) is 1.91. The molecule has 1 aliphatic heterocycles. The molecular weight excluding hydrogens is 168 g/mol. The summed E-state index contributed by atoms with van der Waals surface area (Å²) in [6.45, 7) is 0.384. The van der Waals surface area contributed by atoms with E-state index in [0.717, 1.165) is 16.2 Å². The number of amides is 1. The largest absolute Gasteiger partial charge is 0.465 e. The Hall–Kier alpha value is -1.84. The van der Waals surface area contributed by atoms with Crippen molar-refractivity contribution in [3.63, 3.8) is 0 Å². The number of carboxylic acid groups (broad SMARTS) is 1. The summed E-state index contributed by atoms with van der Waals surface area (Å²) in [6, 6.07) is 7.50. The lowest BCUT2D eigenvalue weighted by atomic mass is 10.1. The monoisotopic (exact) mass is 176 g/mol. The molecule has 0 aliphatic carbocycles. The number of carbonyl (C=O) groups is 1. The maximum Gasteiger partial charge on any atom is 0.412 e. The molecule has 66 valence electrons. The van der Waals surface area contributed by atoms with Gasteiger partial charge in [-0.25, -0.2) is 9.79 Å². The molecule has 0 spiro atoms. The first kappa shape index (κ1) is 7.79. The van der Waals surface area contributed by atoms with Crippen LogP contribution in [0.3, 0.4) is 0 Å². The minimum Gasteiger partial charge on any atom is -0.465 e. The van der Waals surface area contributed by atoms with Gasteiger partial charge in [-0.2, -0.15) is 0 Å². The van der Waals surface area contributed by atoms with Gasteiger partial charge in [-0.15, -0.1) is 0 Å². The average molecular weight is 176 g/mol. The zero-order valence-electron chi connectivity index (χ0n) is 6.84. The van der Waals surface area contributed by atoms with Crippen molar-refractivity contribution in [3.05, 3.63) is 29.8 Å². The predicted octanol–water partition coefficient (Wildman–Crippen LogP) is 1.84. The van der Waals surface area contributed by atoms with Crippen LogP contribution in [-0.4, -0.2) is 22.4 Å². The standard InChI is InChI=1S/C9H8N2O2/c12-9(13)11-5-7-3-1-2-4-8(7)10-6-11/h1-4,6H,5H2,(H,12,13). The molecule has 0 fully saturated rings. The van der Waals surface area contributed by atoms with Crippen LogP contribution in [0.1, 0.15) is 5.56 Å². The van der Waals surface area contributed by atoms with E-state index < -0.39 is 6.09 Å². The minimum absolute atomic E-state index is 0.384. The second-order valence-corrected chi connectivity index (χ2v) is 2.78. The molecule has 0 aromatic heterocycles. The van der Waals surface area contributed by atoms with Gasteiger partial charge in [-0.3, -0.25) is 4.90 Å². The molecule has 0 unspecified atom stereocenters. The molecule has 4 heteroatoms. The van der Waals surface area contributed by atoms with E-state index in [-0.39, 0.29) is 0 Å². The van der Waals surface area contributed by atoms with Crippen molar-refractivity contribution >= 4 is 18.1 Å². The Morgan fingerprint density at radius 1 is 1.46 bits per heavy atom. The second-order valence-electron chi connectivity index (χ2n) is 2.78. The van der Waals surface area contributed by atoms with Crippen LogP contribution in [0.4, 0.5) is 10.5 Å². The van der Waals surface area contributed by atoms with E-state index in [1.165, 1.54) is 6.34 Å². The summed E-state index contributed by atoms with van der Waals surface area (Å²) >= 11 is 0. The molecule has 1 aromatic carbocycles. The number of hydrogen-bond acceptors (Lipinski definition) is 2. The van der Waals surface area contributed by atoms with Crippen LogP contribution in [0.2, 0.25) is 0 Å². The fraction of sp³-hybridized carbons (Fsp3) is 0.111. The van der Waals surface area contributed by atoms with Gasteiger partial charge < -0.3 is 5.11 Å². The van der Waals surface area contributed by atoms with Crippen molar-refractivity contribution in [2.24, 2.45) is 4.99 Å². The summed E-state index contributed by atoms with van der Waals surface area (Å²) in [7, 11) is 0. The van der Waals surface area contributed by atoms with Gasteiger partial charge in [-0.1, -0.05) is 18.2 Å². The van der Waals surface area contributed by atoms with Gasteiger partial charge in [0, 0.05) is 0 Å². The summed E-state index contributed by atoms with van der Waals surface area (Å²) < 4.78 is 0. The number of nitrogens with zero attached hydrogens (tertiary/aromatic N) is 2. The lowest BCUT2D eigenvalue weighted by Crippen LogP contribution is -2.29. The Balaban J connectivity index is 2.34. The highest BCUT2D eigenvalue weighted by Crippen LogP contribution is 2.22. The summed E-state index contributed by atoms with van der Waals surface area (Å²) in [5.74, 6) is 0. The van der Waals surface area contributed by atoms with E-state index in [2.05, 4.69) is 4.99 Å². The first-order chi connectivity index (χ1) is 6.27. The highest BCUT2D eigenvalue weighted by Gasteiger charge is 2.15. The molecule has 1 aliphatic rings. The average Bonchev–Trinajstić information content (AvgIpc) is 2.17. The summed E-state index contributed by atoms with van der Waals surface area (Å²) in [5.41, 5.74) is 1.78. The number of para-hydroxylation sites is 1. The Morgan fingerprint density at radius 2 is 2.23 bits per heavy atom. The molecular formula is C9H8N2O2. The fourth-order valence-electron chi connectivity index (χ4n) is 1.24. The number of rotatable bonds is 0. The highest BCUT2D eigenvalue weighted by molar-refractivity contribution is 5.84. The molecule has 0 saturated heterocycles. The first-order valence-electron chi connectivity index (χ1n) is 3.89. The van der Waals surface area contributed by atoms with Crippen molar-refractivity contribution in [2.75, 3.05) is 0 Å². The smallest absolute Gasteiger partial charge is 0.412 e. The van der Waals surface area contributed by atoms with Crippen LogP contribution >= 0.6 is 0 Å². The number of aliphatic imine (C=N–C) groups is 1. The Labute approximate surface area is 75.1 Å². The molecule has 1 aromatic rings. The van der Waals surface area contributed by atoms with Crippen LogP contribution in [0, 0.1) is 0 Å². The van der Waals surface area contributed by atoms with Crippen molar-refractivity contribution in [3.8, 4) is 0 Å². The number of fused-ring (bicyclic) bond motifs is 1. The van der Waals surface area contributed by atoms with Crippen LogP contribution < -0.4 is 0 Å². The maximum atomic E-state index is 10.6. The molecule has 0 saturated carbocycles. The summed E-state index contributed by atoms with van der Waals surface area (Å²) in [6.07, 6.45) is 0.364. The Morgan fingerprint density at radius 3 is 3.00 bits per heavy atom. The zero-order valence-corrected chi connectivity index (χ0v) is 6.84. The summed E-state index contributed by atoms with van der Waals surface area (Å²) in [5, 5.41) is 8.70. The molecule has 4 nitrogen and oxygen atoms in total. The lowest BCUT2D eigenvalue weighted by Gasteiger charge is -2.18. The van der Waals surface area contributed by atoms with Crippen LogP contribution in [0.5, 0.6) is 0 Å². The van der Waals surface area contributed by atoms with E-state index >= 15 is 0 Å². The molecule has 0 radical (unpaired) electrons. The van der Waals surface area contributed by atoms with E-state index in [1.54, 1.807) is 0 Å². The fourth-order valence-corrected chi connectivity index (χ4v) is 1.24. The van der Waals surface area contributed by atoms with Crippen molar-refractivity contribution in [2.45, 2.75) is 6.54 Å². The zero-order chi connectivity index (χ0) is 9.26. The maximum absolute atomic E-state index is 10.6. The van der Waals surface area contributed by atoms with E-state index in [9.17, 15) is 4.79 Å². The number of benzene rings is 1. The molecule has 0 atom stereocenters. The second kappa shape index (κ2) is 2.90. The summed E-state index contributed by atoms with van der Waals surface area (Å²) in [4.78, 5) is 15.8. The van der Waals surface area contributed by atoms with Crippen molar-refractivity contribution < 1.29 is 9.90 Å². The Kier molecular flexibility index (Phi) is 1.73. The van der Waals surface area contributed by atoms with Crippen molar-refractivity contribution in [1.29, 1.82) is 0 Å². The van der Waals surface area contributed by atoms with Gasteiger partial charge in [0.1, 0.15) is 6.34 Å². The van der Waals surface area contributed by atoms with Crippen LogP contribution in [-0.2, 0) is 6.54 Å². The topological polar surface area (TPSA) is 52.9 Å². The van der Waals surface area contributed by atoms with Gasteiger partial charge in [-0.05, 0) is 11.6 Å². The molecule has 0 bridgehead atoms. The van der Waals surface area contributed by atoms with Gasteiger partial charge in [0.2, 0.25) is 0 Å². The molecule has 1 heterocycles. The highest BCUT2D eigenvalue weighted by atomic mass is 16.4. The minimum atomic E-state index is -0.974. The predicted molar refractivity (Wildman–Crippen MR) is 48.2 cm³/mol. The van der Waals surface area contributed by atoms with Crippen LogP contribution in [0.25, 0.3) is 0 Å². The van der Waals surface area contributed by atoms with Gasteiger partial charge in [0.25, 0.3) is 0 Å². The number of hydrogen-bond donors (Lipinski definition) is 1. The molecule has 2 rings (SSSR count). The first-order valence-corrected chi connectivity index (χ1v) is 3.89. The van der Waals surface area contributed by atoms with Crippen molar-refractivity contribution in [1.82, 2.24) is 4.90 Å². The van der Waals surface area contributed by atoms with E-state index in [4.69, 9.17) is 5.11 Å². The van der Waals surface area contributed by atoms with Gasteiger partial charge in [0.05, 0.1) is 12.2 Å². The normalized spacial score (nSPS) is 14.0. The molecule has 1 N–H and O–H groups in total.